The number of anilines is 1. The molecule has 0 spiro atoms. The molecule has 0 aliphatic rings. The van der Waals surface area contributed by atoms with Crippen molar-refractivity contribution in [3.8, 4) is 0 Å². The molecule has 1 N–H and O–H groups in total. The number of hydrogen-bond donors (Lipinski definition) is 1. The fourth-order valence-corrected chi connectivity index (χ4v) is 3.84. The molecule has 0 aliphatic carbocycles. The van der Waals surface area contributed by atoms with Gasteiger partial charge in [0.15, 0.2) is 10.7 Å². The van der Waals surface area contributed by atoms with Crippen molar-refractivity contribution >= 4 is 46.0 Å². The molecule has 0 saturated heterocycles. The molecule has 154 valence electrons. The lowest BCUT2D eigenvalue weighted by Crippen LogP contribution is -2.25. The summed E-state index contributed by atoms with van der Waals surface area (Å²) >= 11 is 7.36. The number of nitrogens with one attached hydrogen (secondary N) is 1. The Hall–Kier alpha value is -2.32. The summed E-state index contributed by atoms with van der Waals surface area (Å²) < 4.78 is 3.20. The van der Waals surface area contributed by atoms with Crippen LogP contribution in [0, 0.1) is 12.8 Å². The van der Waals surface area contributed by atoms with Gasteiger partial charge < -0.3 is 5.32 Å². The van der Waals surface area contributed by atoms with Crippen LogP contribution < -0.4 is 10.9 Å². The van der Waals surface area contributed by atoms with E-state index in [-0.39, 0.29) is 17.2 Å². The SMILES string of the molecule is Cc1c(Cl)cccc1NC(=O)CSc1nc2cn(C)nc2c(=O)n1CCC(C)C. The Morgan fingerprint density at radius 1 is 1.34 bits per heavy atom. The molecule has 0 bridgehead atoms. The number of hydrogen-bond acceptors (Lipinski definition) is 5. The molecule has 0 unspecified atom stereocenters. The first kappa shape index (κ1) is 21.4. The first-order valence-electron chi connectivity index (χ1n) is 9.38. The minimum Gasteiger partial charge on any atom is -0.325 e. The van der Waals surface area contributed by atoms with Crippen molar-refractivity contribution < 1.29 is 4.79 Å². The summed E-state index contributed by atoms with van der Waals surface area (Å²) in [4.78, 5) is 30.0. The Bertz CT molecular complexity index is 1110. The summed E-state index contributed by atoms with van der Waals surface area (Å²) in [5.74, 6) is 0.385. The average Bonchev–Trinajstić information content (AvgIpc) is 3.03. The summed E-state index contributed by atoms with van der Waals surface area (Å²) in [5.41, 5.74) is 2.20. The molecule has 7 nitrogen and oxygen atoms in total. The van der Waals surface area contributed by atoms with E-state index in [1.165, 1.54) is 11.8 Å². The van der Waals surface area contributed by atoms with Crippen LogP contribution in [0.5, 0.6) is 0 Å². The first-order valence-corrected chi connectivity index (χ1v) is 10.7. The summed E-state index contributed by atoms with van der Waals surface area (Å²) in [7, 11) is 1.76. The molecular formula is C20H24ClN5O2S. The highest BCUT2D eigenvalue weighted by Gasteiger charge is 2.16. The van der Waals surface area contributed by atoms with Crippen LogP contribution >= 0.6 is 23.4 Å². The Morgan fingerprint density at radius 2 is 2.10 bits per heavy atom. The molecule has 29 heavy (non-hydrogen) atoms. The number of aromatic nitrogens is 4. The number of carbonyl (C=O) groups is 1. The molecule has 9 heteroatoms. The lowest BCUT2D eigenvalue weighted by molar-refractivity contribution is -0.113. The summed E-state index contributed by atoms with van der Waals surface area (Å²) in [6, 6.07) is 5.38. The Kier molecular flexibility index (Phi) is 6.64. The number of thioether (sulfide) groups is 1. The Balaban J connectivity index is 1.82. The van der Waals surface area contributed by atoms with Crippen molar-refractivity contribution in [1.82, 2.24) is 19.3 Å². The van der Waals surface area contributed by atoms with Crippen LogP contribution in [0.1, 0.15) is 25.8 Å². The van der Waals surface area contributed by atoms with Gasteiger partial charge in [0, 0.05) is 24.3 Å². The van der Waals surface area contributed by atoms with Gasteiger partial charge in [-0.15, -0.1) is 0 Å². The van der Waals surface area contributed by atoms with E-state index in [0.717, 1.165) is 12.0 Å². The summed E-state index contributed by atoms with van der Waals surface area (Å²) in [6.45, 7) is 6.59. The van der Waals surface area contributed by atoms with Crippen molar-refractivity contribution in [2.24, 2.45) is 13.0 Å². The minimum atomic E-state index is -0.184. The standard InChI is InChI=1S/C20H24ClN5O2S/c1-12(2)8-9-26-19(28)18-16(10-25(4)24-18)23-20(26)29-11-17(27)22-15-7-5-6-14(21)13(15)3/h5-7,10,12H,8-9,11H2,1-4H3,(H,22,27). The number of amides is 1. The van der Waals surface area contributed by atoms with Crippen LogP contribution in [0.2, 0.25) is 5.02 Å². The number of benzene rings is 1. The Labute approximate surface area is 178 Å². The summed E-state index contributed by atoms with van der Waals surface area (Å²) in [5, 5.41) is 8.22. The number of aryl methyl sites for hydroxylation is 1. The van der Waals surface area contributed by atoms with Gasteiger partial charge in [0.2, 0.25) is 5.91 Å². The van der Waals surface area contributed by atoms with Gasteiger partial charge in [-0.05, 0) is 37.0 Å². The van der Waals surface area contributed by atoms with Crippen molar-refractivity contribution in [3.63, 3.8) is 0 Å². The van der Waals surface area contributed by atoms with E-state index in [4.69, 9.17) is 11.6 Å². The molecule has 2 heterocycles. The van der Waals surface area contributed by atoms with E-state index in [9.17, 15) is 9.59 Å². The van der Waals surface area contributed by atoms with Gasteiger partial charge in [-0.3, -0.25) is 18.8 Å². The second kappa shape index (κ2) is 9.00. The molecule has 0 atom stereocenters. The second-order valence-corrected chi connectivity index (χ2v) is 8.67. The van der Waals surface area contributed by atoms with Crippen LogP contribution in [0.25, 0.3) is 11.0 Å². The highest BCUT2D eigenvalue weighted by atomic mass is 35.5. The number of carbonyl (C=O) groups excluding carboxylic acids is 1. The van der Waals surface area contributed by atoms with E-state index >= 15 is 0 Å². The summed E-state index contributed by atoms with van der Waals surface area (Å²) in [6.07, 6.45) is 2.55. The molecular weight excluding hydrogens is 410 g/mol. The van der Waals surface area contributed by atoms with Gasteiger partial charge in [0.05, 0.1) is 11.9 Å². The fourth-order valence-electron chi connectivity index (χ4n) is 2.84. The van der Waals surface area contributed by atoms with E-state index in [2.05, 4.69) is 29.2 Å². The predicted octanol–water partition coefficient (Wildman–Crippen LogP) is 3.87. The van der Waals surface area contributed by atoms with Gasteiger partial charge in [0.25, 0.3) is 5.56 Å². The van der Waals surface area contributed by atoms with Gasteiger partial charge in [-0.25, -0.2) is 4.98 Å². The number of fused-ring (bicyclic) bond motifs is 1. The van der Waals surface area contributed by atoms with Crippen LogP contribution in [0.15, 0.2) is 34.3 Å². The van der Waals surface area contributed by atoms with Crippen LogP contribution in [-0.4, -0.2) is 31.0 Å². The third-order valence-corrected chi connectivity index (χ3v) is 5.89. The Morgan fingerprint density at radius 3 is 2.83 bits per heavy atom. The minimum absolute atomic E-state index is 0.131. The molecule has 1 aromatic carbocycles. The normalized spacial score (nSPS) is 11.4. The van der Waals surface area contributed by atoms with Gasteiger partial charge in [-0.2, -0.15) is 5.10 Å². The van der Waals surface area contributed by atoms with E-state index in [0.29, 0.717) is 39.4 Å². The predicted molar refractivity (Wildman–Crippen MR) is 118 cm³/mol. The lowest BCUT2D eigenvalue weighted by atomic mass is 10.1. The molecule has 0 saturated carbocycles. The van der Waals surface area contributed by atoms with Crippen LogP contribution in [0.4, 0.5) is 5.69 Å². The van der Waals surface area contributed by atoms with Gasteiger partial charge >= 0.3 is 0 Å². The van der Waals surface area contributed by atoms with Crippen LogP contribution in [-0.2, 0) is 18.4 Å². The third-order valence-electron chi connectivity index (χ3n) is 4.51. The van der Waals surface area contributed by atoms with E-state index in [1.807, 2.05) is 13.0 Å². The first-order chi connectivity index (χ1) is 13.8. The van der Waals surface area contributed by atoms with Crippen molar-refractivity contribution in [1.29, 1.82) is 0 Å². The maximum atomic E-state index is 12.9. The largest absolute Gasteiger partial charge is 0.325 e. The van der Waals surface area contributed by atoms with Gasteiger partial charge in [-0.1, -0.05) is 43.3 Å². The maximum Gasteiger partial charge on any atom is 0.282 e. The molecule has 0 fully saturated rings. The topological polar surface area (TPSA) is 81.8 Å². The van der Waals surface area contributed by atoms with Crippen molar-refractivity contribution in [2.45, 2.75) is 38.9 Å². The van der Waals surface area contributed by atoms with Crippen molar-refractivity contribution in [2.75, 3.05) is 11.1 Å². The second-order valence-electron chi connectivity index (χ2n) is 7.32. The number of halogens is 1. The molecule has 3 aromatic rings. The smallest absolute Gasteiger partial charge is 0.282 e. The molecule has 1 amide bonds. The third kappa shape index (κ3) is 5.00. The quantitative estimate of drug-likeness (QED) is 0.451. The lowest BCUT2D eigenvalue weighted by Gasteiger charge is -2.13. The highest BCUT2D eigenvalue weighted by Crippen LogP contribution is 2.24. The number of nitrogens with zero attached hydrogens (tertiary/aromatic N) is 4. The van der Waals surface area contributed by atoms with Crippen molar-refractivity contribution in [3.05, 3.63) is 45.3 Å². The zero-order valence-electron chi connectivity index (χ0n) is 16.9. The van der Waals surface area contributed by atoms with Gasteiger partial charge in [0.1, 0.15) is 5.52 Å². The number of rotatable bonds is 7. The molecule has 0 radical (unpaired) electrons. The average molecular weight is 434 g/mol. The fraction of sp³-hybridized carbons (Fsp3) is 0.400. The van der Waals surface area contributed by atoms with E-state index in [1.54, 1.807) is 34.6 Å². The maximum absolute atomic E-state index is 12.9. The highest BCUT2D eigenvalue weighted by molar-refractivity contribution is 7.99. The molecule has 3 rings (SSSR count). The monoisotopic (exact) mass is 433 g/mol. The zero-order valence-corrected chi connectivity index (χ0v) is 18.5. The van der Waals surface area contributed by atoms with Crippen LogP contribution in [0.3, 0.4) is 0 Å². The molecule has 2 aromatic heterocycles. The van der Waals surface area contributed by atoms with E-state index < -0.39 is 0 Å². The zero-order chi connectivity index (χ0) is 21.1. The molecule has 0 aliphatic heterocycles.